The Morgan fingerprint density at radius 1 is 1.16 bits per heavy atom. The molecule has 3 aromatic rings. The number of nitriles is 1. The molecule has 0 aliphatic carbocycles. The van der Waals surface area contributed by atoms with Crippen LogP contribution in [0.3, 0.4) is 0 Å². The van der Waals surface area contributed by atoms with Gasteiger partial charge >= 0.3 is 0 Å². The molecule has 1 atom stereocenters. The van der Waals surface area contributed by atoms with E-state index in [2.05, 4.69) is 0 Å². The number of hydrogen-bond acceptors (Lipinski definition) is 6. The van der Waals surface area contributed by atoms with Crippen molar-refractivity contribution >= 4 is 23.1 Å². The second-order valence-electron chi connectivity index (χ2n) is 7.05. The lowest BCUT2D eigenvalue weighted by Gasteiger charge is -2.23. The molecule has 4 rings (SSSR count). The number of benzene rings is 2. The number of carbonyl (C=O) groups is 2. The number of methoxy groups -OCH3 is 1. The Labute approximate surface area is 178 Å². The molecule has 2 aromatic carbocycles. The molecule has 1 saturated heterocycles. The molecule has 31 heavy (non-hydrogen) atoms. The average molecular weight is 414 g/mol. The molecule has 0 spiro atoms. The molecule has 0 bridgehead atoms. The smallest absolute Gasteiger partial charge is 0.300 e. The summed E-state index contributed by atoms with van der Waals surface area (Å²) in [5.74, 6) is -1.31. The van der Waals surface area contributed by atoms with Gasteiger partial charge in [-0.3, -0.25) is 14.5 Å². The van der Waals surface area contributed by atoms with Crippen molar-refractivity contribution in [3.63, 3.8) is 0 Å². The molecule has 1 amide bonds. The third kappa shape index (κ3) is 3.34. The van der Waals surface area contributed by atoms with E-state index in [1.54, 1.807) is 48.5 Å². The molecule has 2 heterocycles. The highest BCUT2D eigenvalue weighted by molar-refractivity contribution is 6.51. The van der Waals surface area contributed by atoms with Crippen LogP contribution in [0.15, 0.2) is 70.9 Å². The average Bonchev–Trinajstić information content (AvgIpc) is 3.40. The van der Waals surface area contributed by atoms with Crippen molar-refractivity contribution in [1.82, 2.24) is 0 Å². The van der Waals surface area contributed by atoms with Gasteiger partial charge in [0.2, 0.25) is 0 Å². The summed E-state index contributed by atoms with van der Waals surface area (Å²) in [6.07, 6.45) is 1.43. The summed E-state index contributed by atoms with van der Waals surface area (Å²) in [6.45, 7) is 1.84. The fraction of sp³-hybridized carbons (Fsp3) is 0.125. The van der Waals surface area contributed by atoms with Gasteiger partial charge in [-0.1, -0.05) is 11.6 Å². The van der Waals surface area contributed by atoms with Crippen LogP contribution in [0.5, 0.6) is 5.75 Å². The quantitative estimate of drug-likeness (QED) is 0.392. The minimum atomic E-state index is -0.979. The van der Waals surface area contributed by atoms with Crippen LogP contribution in [0.4, 0.5) is 5.69 Å². The van der Waals surface area contributed by atoms with E-state index in [4.69, 9.17) is 14.4 Å². The third-order valence-electron chi connectivity index (χ3n) is 5.14. The lowest BCUT2D eigenvalue weighted by molar-refractivity contribution is -0.132. The SMILES string of the molecule is COc1ccc(C)cc1/C(O)=C1/C(=O)C(=O)N(c2ccc(C#N)cc2)C1c1ccco1. The number of aliphatic hydroxyl groups is 1. The van der Waals surface area contributed by atoms with Gasteiger partial charge < -0.3 is 14.3 Å². The lowest BCUT2D eigenvalue weighted by atomic mass is 9.97. The van der Waals surface area contributed by atoms with E-state index >= 15 is 0 Å². The fourth-order valence-corrected chi connectivity index (χ4v) is 3.66. The molecule has 1 fully saturated rings. The monoisotopic (exact) mass is 414 g/mol. The minimum Gasteiger partial charge on any atom is -0.507 e. The van der Waals surface area contributed by atoms with Crippen LogP contribution in [0.2, 0.25) is 0 Å². The van der Waals surface area contributed by atoms with Crippen LogP contribution < -0.4 is 9.64 Å². The van der Waals surface area contributed by atoms with E-state index in [9.17, 15) is 14.7 Å². The Hall–Kier alpha value is -4.31. The summed E-state index contributed by atoms with van der Waals surface area (Å²) in [6, 6.07) is 15.8. The number of amides is 1. The van der Waals surface area contributed by atoms with Crippen molar-refractivity contribution in [1.29, 1.82) is 5.26 Å². The summed E-state index contributed by atoms with van der Waals surface area (Å²) in [7, 11) is 1.46. The summed E-state index contributed by atoms with van der Waals surface area (Å²) < 4.78 is 10.9. The van der Waals surface area contributed by atoms with Crippen molar-refractivity contribution in [2.45, 2.75) is 13.0 Å². The molecule has 7 nitrogen and oxygen atoms in total. The number of rotatable bonds is 4. The maximum atomic E-state index is 13.1. The number of aliphatic hydroxyl groups excluding tert-OH is 1. The molecule has 1 aliphatic heterocycles. The van der Waals surface area contributed by atoms with Crippen LogP contribution in [0.1, 0.15) is 28.5 Å². The van der Waals surface area contributed by atoms with Crippen LogP contribution >= 0.6 is 0 Å². The second-order valence-corrected chi connectivity index (χ2v) is 7.05. The van der Waals surface area contributed by atoms with Gasteiger partial charge in [-0.25, -0.2) is 0 Å². The first kappa shape index (κ1) is 20.0. The summed E-state index contributed by atoms with van der Waals surface area (Å²) in [5.41, 5.74) is 1.86. The Bertz CT molecular complexity index is 1230. The highest BCUT2D eigenvalue weighted by atomic mass is 16.5. The molecule has 1 N–H and O–H groups in total. The largest absolute Gasteiger partial charge is 0.507 e. The predicted octanol–water partition coefficient (Wildman–Crippen LogP) is 4.09. The van der Waals surface area contributed by atoms with E-state index in [0.717, 1.165) is 5.56 Å². The normalized spacial score (nSPS) is 17.6. The Morgan fingerprint density at radius 3 is 2.52 bits per heavy atom. The fourth-order valence-electron chi connectivity index (χ4n) is 3.66. The summed E-state index contributed by atoms with van der Waals surface area (Å²) in [4.78, 5) is 27.4. The van der Waals surface area contributed by atoms with Gasteiger partial charge in [0.05, 0.1) is 36.1 Å². The summed E-state index contributed by atoms with van der Waals surface area (Å²) >= 11 is 0. The molecule has 1 unspecified atom stereocenters. The molecule has 0 radical (unpaired) electrons. The maximum Gasteiger partial charge on any atom is 0.300 e. The molecule has 1 aromatic heterocycles. The molecule has 0 saturated carbocycles. The van der Waals surface area contributed by atoms with E-state index < -0.39 is 17.7 Å². The van der Waals surface area contributed by atoms with E-state index in [0.29, 0.717) is 28.3 Å². The van der Waals surface area contributed by atoms with Gasteiger partial charge in [0.1, 0.15) is 23.3 Å². The molecule has 7 heteroatoms. The van der Waals surface area contributed by atoms with Gasteiger partial charge in [0.25, 0.3) is 11.7 Å². The third-order valence-corrected chi connectivity index (χ3v) is 5.14. The van der Waals surface area contributed by atoms with Crippen LogP contribution in [0, 0.1) is 18.3 Å². The van der Waals surface area contributed by atoms with Gasteiger partial charge in [0, 0.05) is 5.69 Å². The first-order valence-electron chi connectivity index (χ1n) is 9.46. The standard InChI is InChI=1S/C24H18N2O5/c1-14-5-10-18(30-2)17(12-14)22(27)20-21(19-4-3-11-31-19)26(24(29)23(20)28)16-8-6-15(13-25)7-9-16/h3-12,21,27H,1-2H3/b22-20-. The van der Waals surface area contributed by atoms with Crippen molar-refractivity contribution in [3.8, 4) is 11.8 Å². The number of hydrogen-bond donors (Lipinski definition) is 1. The van der Waals surface area contributed by atoms with E-state index in [1.807, 2.05) is 19.1 Å². The van der Waals surface area contributed by atoms with E-state index in [-0.39, 0.29) is 11.3 Å². The summed E-state index contributed by atoms with van der Waals surface area (Å²) in [5, 5.41) is 20.2. The van der Waals surface area contributed by atoms with Crippen molar-refractivity contribution in [3.05, 3.63) is 88.9 Å². The van der Waals surface area contributed by atoms with Crippen molar-refractivity contribution in [2.24, 2.45) is 0 Å². The lowest BCUT2D eigenvalue weighted by Crippen LogP contribution is -2.29. The van der Waals surface area contributed by atoms with Gasteiger partial charge in [0.15, 0.2) is 0 Å². The minimum absolute atomic E-state index is 0.104. The zero-order chi connectivity index (χ0) is 22.1. The molecular weight excluding hydrogens is 396 g/mol. The van der Waals surface area contributed by atoms with Crippen molar-refractivity contribution in [2.75, 3.05) is 12.0 Å². The Kier molecular flexibility index (Phi) is 5.05. The first-order valence-corrected chi connectivity index (χ1v) is 9.46. The number of carbonyl (C=O) groups excluding carboxylic acids is 2. The number of nitrogens with zero attached hydrogens (tertiary/aromatic N) is 2. The zero-order valence-electron chi connectivity index (χ0n) is 16.8. The second kappa shape index (κ2) is 7.84. The predicted molar refractivity (Wildman–Crippen MR) is 112 cm³/mol. The Morgan fingerprint density at radius 2 is 1.90 bits per heavy atom. The molecular formula is C24H18N2O5. The number of ketones is 1. The molecule has 1 aliphatic rings. The zero-order valence-corrected chi connectivity index (χ0v) is 16.8. The van der Waals surface area contributed by atoms with Gasteiger partial charge in [-0.05, 0) is 55.5 Å². The Balaban J connectivity index is 1.94. The maximum absolute atomic E-state index is 13.1. The van der Waals surface area contributed by atoms with Crippen molar-refractivity contribution < 1.29 is 23.8 Å². The number of ether oxygens (including phenoxy) is 1. The van der Waals surface area contributed by atoms with Crippen LogP contribution in [0.25, 0.3) is 5.76 Å². The van der Waals surface area contributed by atoms with E-state index in [1.165, 1.54) is 18.3 Å². The van der Waals surface area contributed by atoms with Crippen LogP contribution in [-0.2, 0) is 9.59 Å². The highest BCUT2D eigenvalue weighted by Crippen LogP contribution is 2.43. The first-order chi connectivity index (χ1) is 15.0. The number of anilines is 1. The number of furan rings is 1. The molecule has 154 valence electrons. The topological polar surface area (TPSA) is 104 Å². The highest BCUT2D eigenvalue weighted by Gasteiger charge is 2.48. The number of Topliss-reactive ketones (excluding diaryl/α,β-unsaturated/α-hetero) is 1. The number of aryl methyl sites for hydroxylation is 1. The van der Waals surface area contributed by atoms with Gasteiger partial charge in [-0.15, -0.1) is 0 Å². The van der Waals surface area contributed by atoms with Gasteiger partial charge in [-0.2, -0.15) is 5.26 Å². The van der Waals surface area contributed by atoms with Crippen LogP contribution in [-0.4, -0.2) is 23.9 Å².